The molecule has 7 nitrogen and oxygen atoms in total. The molecular weight excluding hydrogens is 434 g/mol. The van der Waals surface area contributed by atoms with Gasteiger partial charge >= 0.3 is 0 Å². The number of benzene rings is 2. The van der Waals surface area contributed by atoms with Crippen LogP contribution < -0.4 is 10.9 Å². The predicted octanol–water partition coefficient (Wildman–Crippen LogP) is 3.30. The largest absolute Gasteiger partial charge is 0.325 e. The Morgan fingerprint density at radius 3 is 2.66 bits per heavy atom. The number of anilines is 1. The number of H-pyrrole nitrogens is 1. The third kappa shape index (κ3) is 5.26. The van der Waals surface area contributed by atoms with Gasteiger partial charge in [0.2, 0.25) is 15.7 Å². The number of thioether (sulfide) groups is 1. The van der Waals surface area contributed by atoms with Crippen molar-refractivity contribution in [3.05, 3.63) is 75.7 Å². The maximum Gasteiger partial charge on any atom is 0.270 e. The number of aryl methyl sites for hydroxylation is 1. The maximum absolute atomic E-state index is 12.6. The summed E-state index contributed by atoms with van der Waals surface area (Å²) in [5, 5.41) is 3.12. The smallest absolute Gasteiger partial charge is 0.270 e. The number of aromatic nitrogens is 2. The lowest BCUT2D eigenvalue weighted by atomic mass is 10.2. The van der Waals surface area contributed by atoms with Gasteiger partial charge in [0.1, 0.15) is 0 Å². The molecule has 10 heteroatoms. The molecule has 0 radical (unpaired) electrons. The highest BCUT2D eigenvalue weighted by Gasteiger charge is 2.22. The molecule has 0 atom stereocenters. The minimum atomic E-state index is -4.06. The predicted molar refractivity (Wildman–Crippen MR) is 112 cm³/mol. The summed E-state index contributed by atoms with van der Waals surface area (Å²) in [6, 6.07) is 13.0. The van der Waals surface area contributed by atoms with Crippen LogP contribution in [0.15, 0.2) is 74.5 Å². The van der Waals surface area contributed by atoms with E-state index in [4.69, 9.17) is 11.6 Å². The second kappa shape index (κ2) is 8.81. The topological polar surface area (TPSA) is 109 Å². The van der Waals surface area contributed by atoms with Gasteiger partial charge in [-0.25, -0.2) is 13.4 Å². The van der Waals surface area contributed by atoms with Crippen LogP contribution in [0.4, 0.5) is 5.69 Å². The molecule has 1 amide bonds. The SMILES string of the molecule is Cc1cccc(NC(=O)CSc2ncc(S(=O)(=O)c3cccc(Cl)c3)c(=O)[nH]2)c1. The lowest BCUT2D eigenvalue weighted by Gasteiger charge is -2.07. The Bertz CT molecular complexity index is 1230. The van der Waals surface area contributed by atoms with E-state index in [0.29, 0.717) is 5.69 Å². The number of sulfone groups is 1. The quantitative estimate of drug-likeness (QED) is 0.441. The molecule has 0 aliphatic heterocycles. The van der Waals surface area contributed by atoms with Crippen LogP contribution in [0.25, 0.3) is 0 Å². The van der Waals surface area contributed by atoms with Crippen LogP contribution in [0, 0.1) is 6.92 Å². The van der Waals surface area contributed by atoms with Crippen LogP contribution >= 0.6 is 23.4 Å². The fraction of sp³-hybridized carbons (Fsp3) is 0.105. The van der Waals surface area contributed by atoms with Crippen molar-refractivity contribution in [2.24, 2.45) is 0 Å². The lowest BCUT2D eigenvalue weighted by molar-refractivity contribution is -0.113. The van der Waals surface area contributed by atoms with Crippen LogP contribution in [0.2, 0.25) is 5.02 Å². The van der Waals surface area contributed by atoms with Gasteiger partial charge < -0.3 is 10.3 Å². The van der Waals surface area contributed by atoms with Crippen molar-refractivity contribution in [1.82, 2.24) is 9.97 Å². The van der Waals surface area contributed by atoms with Gasteiger partial charge in [0.25, 0.3) is 5.56 Å². The number of carbonyl (C=O) groups excluding carboxylic acids is 1. The van der Waals surface area contributed by atoms with E-state index in [1.54, 1.807) is 6.07 Å². The highest BCUT2D eigenvalue weighted by atomic mass is 35.5. The molecule has 1 aromatic heterocycles. The molecule has 2 N–H and O–H groups in total. The Morgan fingerprint density at radius 2 is 1.97 bits per heavy atom. The number of carbonyl (C=O) groups is 1. The summed E-state index contributed by atoms with van der Waals surface area (Å²) in [5.41, 5.74) is 0.861. The van der Waals surface area contributed by atoms with Crippen molar-refractivity contribution in [3.63, 3.8) is 0 Å². The standard InChI is InChI=1S/C19H16ClN3O4S2/c1-12-4-2-6-14(8-12)22-17(24)11-28-19-21-10-16(18(25)23-19)29(26,27)15-7-3-5-13(20)9-15/h2-10H,11H2,1H3,(H,22,24)(H,21,23,25). The third-order valence-electron chi connectivity index (χ3n) is 3.78. The van der Waals surface area contributed by atoms with E-state index >= 15 is 0 Å². The zero-order valence-electron chi connectivity index (χ0n) is 15.2. The first-order valence-corrected chi connectivity index (χ1v) is 11.2. The Hall–Kier alpha value is -2.62. The molecule has 29 heavy (non-hydrogen) atoms. The minimum Gasteiger partial charge on any atom is -0.325 e. The van der Waals surface area contributed by atoms with Crippen molar-refractivity contribution in [3.8, 4) is 0 Å². The molecule has 3 aromatic rings. The molecular formula is C19H16ClN3O4S2. The highest BCUT2D eigenvalue weighted by Crippen LogP contribution is 2.21. The third-order valence-corrected chi connectivity index (χ3v) is 6.65. The van der Waals surface area contributed by atoms with E-state index in [1.165, 1.54) is 24.3 Å². The second-order valence-corrected chi connectivity index (χ2v) is 9.37. The molecule has 0 spiro atoms. The first kappa shape index (κ1) is 21.1. The number of amides is 1. The Morgan fingerprint density at radius 1 is 1.21 bits per heavy atom. The summed E-state index contributed by atoms with van der Waals surface area (Å²) in [4.78, 5) is 30.1. The van der Waals surface area contributed by atoms with Gasteiger partial charge in [-0.05, 0) is 42.8 Å². The van der Waals surface area contributed by atoms with Gasteiger partial charge in [-0.3, -0.25) is 9.59 Å². The summed E-state index contributed by atoms with van der Waals surface area (Å²) < 4.78 is 25.3. The second-order valence-electron chi connectivity index (χ2n) is 6.05. The molecule has 0 saturated carbocycles. The zero-order valence-corrected chi connectivity index (χ0v) is 17.6. The minimum absolute atomic E-state index is 0.00271. The van der Waals surface area contributed by atoms with Crippen molar-refractivity contribution in [2.45, 2.75) is 21.9 Å². The summed E-state index contributed by atoms with van der Waals surface area (Å²) >= 11 is 6.82. The van der Waals surface area contributed by atoms with Crippen LogP contribution in [-0.2, 0) is 14.6 Å². The molecule has 0 bridgehead atoms. The van der Waals surface area contributed by atoms with Crippen LogP contribution in [0.1, 0.15) is 5.56 Å². The van der Waals surface area contributed by atoms with E-state index in [0.717, 1.165) is 23.5 Å². The van der Waals surface area contributed by atoms with E-state index in [9.17, 15) is 18.0 Å². The number of rotatable bonds is 6. The fourth-order valence-corrected chi connectivity index (χ4v) is 4.61. The average Bonchev–Trinajstić information content (AvgIpc) is 2.66. The first-order valence-electron chi connectivity index (χ1n) is 8.35. The summed E-state index contributed by atoms with van der Waals surface area (Å²) in [6.07, 6.45) is 0.982. The molecule has 0 fully saturated rings. The number of aromatic amines is 1. The molecule has 0 aliphatic rings. The number of hydrogen-bond acceptors (Lipinski definition) is 6. The first-order chi connectivity index (χ1) is 13.8. The van der Waals surface area contributed by atoms with Gasteiger partial charge in [-0.15, -0.1) is 0 Å². The van der Waals surface area contributed by atoms with Gasteiger partial charge in [0, 0.05) is 10.7 Å². The summed E-state index contributed by atoms with van der Waals surface area (Å²) in [7, 11) is -4.06. The normalized spacial score (nSPS) is 11.2. The van der Waals surface area contributed by atoms with E-state index in [1.807, 2.05) is 25.1 Å². The number of nitrogens with zero attached hydrogens (tertiary/aromatic N) is 1. The van der Waals surface area contributed by atoms with Crippen molar-refractivity contribution in [1.29, 1.82) is 0 Å². The molecule has 0 unspecified atom stereocenters. The molecule has 1 heterocycles. The van der Waals surface area contributed by atoms with Crippen LogP contribution in [0.5, 0.6) is 0 Å². The van der Waals surface area contributed by atoms with Crippen LogP contribution in [-0.4, -0.2) is 30.0 Å². The summed E-state index contributed by atoms with van der Waals surface area (Å²) in [5.74, 6) is -0.282. The number of halogens is 1. The van der Waals surface area contributed by atoms with E-state index in [2.05, 4.69) is 15.3 Å². The lowest BCUT2D eigenvalue weighted by Crippen LogP contribution is -2.20. The van der Waals surface area contributed by atoms with Crippen molar-refractivity contribution < 1.29 is 13.2 Å². The van der Waals surface area contributed by atoms with Crippen molar-refractivity contribution >= 4 is 44.8 Å². The Balaban J connectivity index is 1.71. The molecule has 0 saturated heterocycles. The Labute approximate surface area is 176 Å². The monoisotopic (exact) mass is 449 g/mol. The molecule has 2 aromatic carbocycles. The highest BCUT2D eigenvalue weighted by molar-refractivity contribution is 7.99. The van der Waals surface area contributed by atoms with Gasteiger partial charge in [-0.1, -0.05) is 41.6 Å². The zero-order chi connectivity index (χ0) is 21.0. The van der Waals surface area contributed by atoms with Gasteiger partial charge in [0.05, 0.1) is 16.8 Å². The molecule has 0 aliphatic carbocycles. The molecule has 150 valence electrons. The summed E-state index contributed by atoms with van der Waals surface area (Å²) in [6.45, 7) is 1.91. The van der Waals surface area contributed by atoms with E-state index < -0.39 is 20.3 Å². The van der Waals surface area contributed by atoms with Gasteiger partial charge in [-0.2, -0.15) is 0 Å². The molecule has 3 rings (SSSR count). The van der Waals surface area contributed by atoms with Crippen molar-refractivity contribution in [2.75, 3.05) is 11.1 Å². The maximum atomic E-state index is 12.6. The average molecular weight is 450 g/mol. The Kier molecular flexibility index (Phi) is 6.41. The number of hydrogen-bond donors (Lipinski definition) is 2. The van der Waals surface area contributed by atoms with Gasteiger partial charge in [0.15, 0.2) is 10.1 Å². The number of nitrogens with one attached hydrogen (secondary N) is 2. The van der Waals surface area contributed by atoms with Crippen LogP contribution in [0.3, 0.4) is 0 Å². The van der Waals surface area contributed by atoms with E-state index in [-0.39, 0.29) is 26.7 Å². The fourth-order valence-electron chi connectivity index (χ4n) is 2.45.